The SMILES string of the molecule is CCOc1ccc(C(=C(F)B2OC(C)(C)C(C)(C)O2)c2ccc(Cl)c(N)c2)cc1. The van der Waals surface area contributed by atoms with Crippen LogP contribution in [-0.2, 0) is 9.31 Å². The minimum absolute atomic E-state index is 0.343. The summed E-state index contributed by atoms with van der Waals surface area (Å²) in [5.74, 6) is 0.710. The smallest absolute Gasteiger partial charge is 0.494 e. The Bertz CT molecular complexity index is 912. The van der Waals surface area contributed by atoms with Gasteiger partial charge in [-0.15, -0.1) is 0 Å². The molecule has 0 radical (unpaired) electrons. The van der Waals surface area contributed by atoms with Gasteiger partial charge in [0.05, 0.1) is 28.5 Å². The summed E-state index contributed by atoms with van der Waals surface area (Å²) in [6, 6.07) is 12.2. The second-order valence-corrected chi connectivity index (χ2v) is 8.41. The molecular weight excluding hydrogens is 392 g/mol. The fraction of sp³-hybridized carbons (Fsp3) is 0.364. The van der Waals surface area contributed by atoms with E-state index in [1.54, 1.807) is 42.5 Å². The molecular formula is C22H26BClFNO3. The van der Waals surface area contributed by atoms with Crippen molar-refractivity contribution in [1.82, 2.24) is 0 Å². The van der Waals surface area contributed by atoms with Gasteiger partial charge in [-0.2, -0.15) is 0 Å². The third-order valence-electron chi connectivity index (χ3n) is 5.44. The maximum absolute atomic E-state index is 15.8. The normalized spacial score (nSPS) is 18.5. The molecule has 3 rings (SSSR count). The predicted molar refractivity (Wildman–Crippen MR) is 117 cm³/mol. The molecule has 0 amide bonds. The Labute approximate surface area is 176 Å². The fourth-order valence-electron chi connectivity index (χ4n) is 3.09. The number of ether oxygens (including phenoxy) is 1. The lowest BCUT2D eigenvalue weighted by Gasteiger charge is -2.32. The van der Waals surface area contributed by atoms with Crippen molar-refractivity contribution in [2.24, 2.45) is 0 Å². The number of nitrogens with two attached hydrogens (primary N) is 1. The topological polar surface area (TPSA) is 53.7 Å². The van der Waals surface area contributed by atoms with Gasteiger partial charge < -0.3 is 19.8 Å². The lowest BCUT2D eigenvalue weighted by Crippen LogP contribution is -2.41. The maximum Gasteiger partial charge on any atom is 0.525 e. The van der Waals surface area contributed by atoms with Gasteiger partial charge in [0.2, 0.25) is 0 Å². The van der Waals surface area contributed by atoms with Crippen LogP contribution in [0.25, 0.3) is 5.57 Å². The highest BCUT2D eigenvalue weighted by Crippen LogP contribution is 2.42. The first-order valence-electron chi connectivity index (χ1n) is 9.59. The molecule has 1 saturated heterocycles. The molecule has 0 saturated carbocycles. The minimum Gasteiger partial charge on any atom is -0.494 e. The van der Waals surface area contributed by atoms with E-state index >= 15 is 4.39 Å². The van der Waals surface area contributed by atoms with Crippen molar-refractivity contribution < 1.29 is 18.4 Å². The summed E-state index contributed by atoms with van der Waals surface area (Å²) >= 11 is 6.07. The summed E-state index contributed by atoms with van der Waals surface area (Å²) in [4.78, 5) is 0. The van der Waals surface area contributed by atoms with Crippen molar-refractivity contribution in [3.8, 4) is 5.75 Å². The van der Waals surface area contributed by atoms with Crippen LogP contribution in [0, 0.1) is 0 Å². The highest BCUT2D eigenvalue weighted by atomic mass is 35.5. The van der Waals surface area contributed by atoms with Gasteiger partial charge in [-0.3, -0.25) is 0 Å². The molecule has 2 N–H and O–H groups in total. The molecule has 4 nitrogen and oxygen atoms in total. The van der Waals surface area contributed by atoms with E-state index < -0.39 is 24.0 Å². The van der Waals surface area contributed by atoms with Gasteiger partial charge in [0, 0.05) is 5.57 Å². The van der Waals surface area contributed by atoms with Crippen molar-refractivity contribution in [2.45, 2.75) is 45.8 Å². The van der Waals surface area contributed by atoms with E-state index in [4.69, 9.17) is 31.4 Å². The molecule has 1 heterocycles. The molecule has 1 aliphatic rings. The minimum atomic E-state index is -1.13. The number of anilines is 1. The maximum atomic E-state index is 15.8. The number of hydrogen-bond acceptors (Lipinski definition) is 4. The average Bonchev–Trinajstić information content (AvgIpc) is 2.87. The van der Waals surface area contributed by atoms with Gasteiger partial charge in [-0.1, -0.05) is 29.8 Å². The highest BCUT2D eigenvalue weighted by Gasteiger charge is 2.53. The third kappa shape index (κ3) is 4.30. The highest BCUT2D eigenvalue weighted by molar-refractivity contribution is 6.55. The molecule has 0 aromatic heterocycles. The zero-order chi connectivity index (χ0) is 21.4. The zero-order valence-electron chi connectivity index (χ0n) is 17.4. The van der Waals surface area contributed by atoms with Gasteiger partial charge in [0.25, 0.3) is 0 Å². The predicted octanol–water partition coefficient (Wildman–Crippen LogP) is 5.68. The summed E-state index contributed by atoms with van der Waals surface area (Å²) in [5, 5.41) is 0.413. The third-order valence-corrected chi connectivity index (χ3v) is 5.78. The van der Waals surface area contributed by atoms with Gasteiger partial charge >= 0.3 is 7.12 Å². The lowest BCUT2D eigenvalue weighted by molar-refractivity contribution is 0.00578. The summed E-state index contributed by atoms with van der Waals surface area (Å²) in [7, 11) is -1.13. The van der Waals surface area contributed by atoms with Gasteiger partial charge in [0.15, 0.2) is 0 Å². The Balaban J connectivity index is 2.12. The van der Waals surface area contributed by atoms with E-state index in [9.17, 15) is 0 Å². The monoisotopic (exact) mass is 417 g/mol. The second-order valence-electron chi connectivity index (χ2n) is 8.00. The van der Waals surface area contributed by atoms with Gasteiger partial charge in [0.1, 0.15) is 11.5 Å². The number of halogens is 2. The molecule has 154 valence electrons. The summed E-state index contributed by atoms with van der Waals surface area (Å²) in [6.07, 6.45) is 0. The van der Waals surface area contributed by atoms with Crippen molar-refractivity contribution >= 4 is 30.0 Å². The van der Waals surface area contributed by atoms with Gasteiger partial charge in [-0.25, -0.2) is 4.39 Å². The molecule has 0 bridgehead atoms. The second kappa shape index (κ2) is 8.02. The molecule has 0 unspecified atom stereocenters. The summed E-state index contributed by atoms with van der Waals surface area (Å²) in [5.41, 5.74) is 6.11. The van der Waals surface area contributed by atoms with Crippen LogP contribution in [0.4, 0.5) is 10.1 Å². The molecule has 0 spiro atoms. The van der Waals surface area contributed by atoms with E-state index in [0.717, 1.165) is 0 Å². The first-order valence-corrected chi connectivity index (χ1v) is 9.97. The standard InChI is InChI=1S/C22H26BClFNO3/c1-6-27-16-10-7-14(8-11-16)19(15-9-12-17(24)18(26)13-15)20(25)23-28-21(2,3)22(4,5)29-23/h7-13H,6,26H2,1-5H3. The molecule has 1 fully saturated rings. The van der Waals surface area contributed by atoms with Gasteiger partial charge in [-0.05, 0) is 70.0 Å². The Morgan fingerprint density at radius 2 is 1.59 bits per heavy atom. The zero-order valence-corrected chi connectivity index (χ0v) is 18.1. The Morgan fingerprint density at radius 1 is 1.03 bits per heavy atom. The van der Waals surface area contributed by atoms with Crippen LogP contribution in [0.2, 0.25) is 5.02 Å². The fourth-order valence-corrected chi connectivity index (χ4v) is 3.21. The molecule has 1 aliphatic heterocycles. The van der Waals surface area contributed by atoms with Crippen molar-refractivity contribution in [2.75, 3.05) is 12.3 Å². The van der Waals surface area contributed by atoms with Crippen molar-refractivity contribution in [3.05, 3.63) is 64.3 Å². The number of benzene rings is 2. The van der Waals surface area contributed by atoms with E-state index in [1.807, 2.05) is 34.6 Å². The number of nitrogen functional groups attached to an aromatic ring is 1. The lowest BCUT2D eigenvalue weighted by atomic mass is 9.80. The summed E-state index contributed by atoms with van der Waals surface area (Å²) < 4.78 is 33.2. The molecule has 0 aliphatic carbocycles. The van der Waals surface area contributed by atoms with Crippen LogP contribution in [0.15, 0.2) is 48.2 Å². The first-order chi connectivity index (χ1) is 13.6. The van der Waals surface area contributed by atoms with Crippen LogP contribution in [0.3, 0.4) is 0 Å². The molecule has 2 aromatic carbocycles. The van der Waals surface area contributed by atoms with E-state index in [1.165, 1.54) is 0 Å². The molecule has 7 heteroatoms. The van der Waals surface area contributed by atoms with Crippen LogP contribution in [0.5, 0.6) is 5.75 Å². The van der Waals surface area contributed by atoms with Crippen molar-refractivity contribution in [1.29, 1.82) is 0 Å². The van der Waals surface area contributed by atoms with E-state index in [2.05, 4.69) is 0 Å². The number of rotatable bonds is 5. The average molecular weight is 418 g/mol. The quantitative estimate of drug-likeness (QED) is 0.502. The Morgan fingerprint density at radius 3 is 2.10 bits per heavy atom. The molecule has 2 aromatic rings. The number of hydrogen-bond donors (Lipinski definition) is 1. The Hall–Kier alpha value is -2.02. The first kappa shape index (κ1) is 21.7. The van der Waals surface area contributed by atoms with Crippen LogP contribution in [0.1, 0.15) is 45.7 Å². The summed E-state index contributed by atoms with van der Waals surface area (Å²) in [6.45, 7) is 10.0. The van der Waals surface area contributed by atoms with Crippen molar-refractivity contribution in [3.63, 3.8) is 0 Å². The van der Waals surface area contributed by atoms with Crippen LogP contribution < -0.4 is 10.5 Å². The van der Waals surface area contributed by atoms with E-state index in [0.29, 0.717) is 39.8 Å². The molecule has 0 atom stereocenters. The van der Waals surface area contributed by atoms with Crippen LogP contribution in [-0.4, -0.2) is 24.9 Å². The largest absolute Gasteiger partial charge is 0.525 e. The molecule has 29 heavy (non-hydrogen) atoms. The van der Waals surface area contributed by atoms with Crippen LogP contribution >= 0.6 is 11.6 Å². The van der Waals surface area contributed by atoms with E-state index in [-0.39, 0.29) is 0 Å². The Kier molecular flexibility index (Phi) is 5.99.